The first kappa shape index (κ1) is 11.5. The number of nitrogens with two attached hydrogens (primary N) is 1. The summed E-state index contributed by atoms with van der Waals surface area (Å²) in [6.45, 7) is 1.78. The highest BCUT2D eigenvalue weighted by Crippen LogP contribution is 2.14. The fourth-order valence-electron chi connectivity index (χ4n) is 0.929. The molecular formula is C8H10N2O4S. The quantitative estimate of drug-likeness (QED) is 0.569. The summed E-state index contributed by atoms with van der Waals surface area (Å²) in [4.78, 5) is 10.3. The molecule has 0 aliphatic carbocycles. The largest absolute Gasteiger partial charge is 0.353 e. The number of carbonyl (C=O) groups is 1. The monoisotopic (exact) mass is 230 g/mol. The van der Waals surface area contributed by atoms with Gasteiger partial charge in [-0.3, -0.25) is 5.21 Å². The van der Waals surface area contributed by atoms with E-state index in [9.17, 15) is 13.2 Å². The second kappa shape index (κ2) is 3.87. The lowest BCUT2D eigenvalue weighted by Gasteiger charge is -2.12. The number of amides is 2. The van der Waals surface area contributed by atoms with Gasteiger partial charge in [-0.05, 0) is 19.1 Å². The Hall–Kier alpha value is -1.60. The summed E-state index contributed by atoms with van der Waals surface area (Å²) < 4.78 is 22.4. The summed E-state index contributed by atoms with van der Waals surface area (Å²) in [7, 11) is -4.24. The molecular weight excluding hydrogens is 220 g/mol. The first-order valence-corrected chi connectivity index (χ1v) is 5.40. The van der Waals surface area contributed by atoms with Gasteiger partial charge in [-0.25, -0.2) is 4.79 Å². The van der Waals surface area contributed by atoms with Gasteiger partial charge in [0.15, 0.2) is 0 Å². The summed E-state index contributed by atoms with van der Waals surface area (Å²) in [5, 5.41) is 8.95. The Labute approximate surface area is 86.9 Å². The van der Waals surface area contributed by atoms with E-state index in [4.69, 9.17) is 5.21 Å². The molecule has 0 unspecified atom stereocenters. The molecule has 0 bridgehead atoms. The fraction of sp³-hybridized carbons (Fsp3) is 0.125. The van der Waals surface area contributed by atoms with Gasteiger partial charge in [0.2, 0.25) is 0 Å². The summed E-state index contributed by atoms with van der Waals surface area (Å²) in [6, 6.07) is 4.19. The average molecular weight is 230 g/mol. The van der Waals surface area contributed by atoms with Crippen molar-refractivity contribution in [1.29, 1.82) is 0 Å². The minimum atomic E-state index is -4.24. The molecule has 0 saturated heterocycles. The van der Waals surface area contributed by atoms with Crippen molar-refractivity contribution in [2.24, 2.45) is 5.73 Å². The predicted octanol–water partition coefficient (Wildman–Crippen LogP) is 0.454. The molecule has 1 rings (SSSR count). The average Bonchev–Trinajstić information content (AvgIpc) is 2.17. The van der Waals surface area contributed by atoms with Crippen LogP contribution in [0.25, 0.3) is 0 Å². The first-order chi connectivity index (χ1) is 6.85. The Morgan fingerprint density at radius 2 is 1.80 bits per heavy atom. The van der Waals surface area contributed by atoms with Crippen molar-refractivity contribution in [1.82, 2.24) is 4.47 Å². The van der Waals surface area contributed by atoms with Gasteiger partial charge in [0, 0.05) is 0 Å². The predicted molar refractivity (Wildman–Crippen MR) is 51.6 cm³/mol. The van der Waals surface area contributed by atoms with Gasteiger partial charge >= 0.3 is 6.03 Å². The molecule has 7 heteroatoms. The molecule has 0 spiro atoms. The highest BCUT2D eigenvalue weighted by atomic mass is 32.2. The Morgan fingerprint density at radius 1 is 1.33 bits per heavy atom. The maximum atomic E-state index is 11.5. The number of benzene rings is 1. The normalized spacial score (nSPS) is 11.1. The lowest BCUT2D eigenvalue weighted by Crippen LogP contribution is -2.37. The minimum Gasteiger partial charge on any atom is -0.349 e. The van der Waals surface area contributed by atoms with Gasteiger partial charge in [0.05, 0.1) is 4.90 Å². The number of hydroxylamine groups is 1. The van der Waals surface area contributed by atoms with Gasteiger partial charge in [-0.15, -0.1) is 0 Å². The van der Waals surface area contributed by atoms with E-state index in [0.717, 1.165) is 5.56 Å². The first-order valence-electron chi connectivity index (χ1n) is 3.96. The molecule has 0 aliphatic rings. The number of hydrogen-bond acceptors (Lipinski definition) is 4. The molecule has 0 aliphatic heterocycles. The minimum absolute atomic E-state index is 0.200. The number of aryl methyl sites for hydroxylation is 1. The highest BCUT2D eigenvalue weighted by Gasteiger charge is 2.25. The number of hydrogen-bond donors (Lipinski definition) is 2. The van der Waals surface area contributed by atoms with Gasteiger partial charge < -0.3 is 5.73 Å². The molecule has 0 atom stereocenters. The molecule has 3 N–H and O–H groups in total. The van der Waals surface area contributed by atoms with Crippen LogP contribution >= 0.6 is 0 Å². The smallest absolute Gasteiger partial charge is 0.349 e. The van der Waals surface area contributed by atoms with E-state index >= 15 is 0 Å². The Bertz CT molecular complexity index is 466. The standard InChI is InChI=1S/C8H10N2O4S/c1-6-2-4-7(5-3-6)15(13,14)10(12)8(9)11/h2-5,12H,1H3,(H2,9,11). The second-order valence-corrected chi connectivity index (χ2v) is 4.67. The van der Waals surface area contributed by atoms with Crippen LogP contribution in [0.1, 0.15) is 5.56 Å². The number of rotatable bonds is 2. The summed E-state index contributed by atoms with van der Waals surface area (Å²) >= 11 is 0. The van der Waals surface area contributed by atoms with Crippen molar-refractivity contribution in [3.8, 4) is 0 Å². The van der Waals surface area contributed by atoms with E-state index in [2.05, 4.69) is 5.73 Å². The van der Waals surface area contributed by atoms with Gasteiger partial charge in [-0.1, -0.05) is 22.2 Å². The van der Waals surface area contributed by atoms with Gasteiger partial charge in [0.25, 0.3) is 10.0 Å². The lowest BCUT2D eigenvalue weighted by molar-refractivity contribution is 0.0457. The SMILES string of the molecule is Cc1ccc(S(=O)(=O)N(O)C(N)=O)cc1. The van der Waals surface area contributed by atoms with Crippen molar-refractivity contribution in [2.75, 3.05) is 0 Å². The third-order valence-electron chi connectivity index (χ3n) is 1.74. The third kappa shape index (κ3) is 2.25. The lowest BCUT2D eigenvalue weighted by atomic mass is 10.2. The molecule has 2 amide bonds. The van der Waals surface area contributed by atoms with Crippen LogP contribution in [0.15, 0.2) is 29.2 Å². The van der Waals surface area contributed by atoms with Crippen molar-refractivity contribution >= 4 is 16.1 Å². The molecule has 0 fully saturated rings. The molecule has 0 aromatic heterocycles. The number of primary amides is 1. The molecule has 0 heterocycles. The van der Waals surface area contributed by atoms with E-state index < -0.39 is 20.5 Å². The van der Waals surface area contributed by atoms with Crippen LogP contribution in [0, 0.1) is 6.92 Å². The van der Waals surface area contributed by atoms with E-state index in [1.165, 1.54) is 12.1 Å². The van der Waals surface area contributed by atoms with Crippen LogP contribution in [0.3, 0.4) is 0 Å². The fourth-order valence-corrected chi connectivity index (χ4v) is 1.85. The topological polar surface area (TPSA) is 101 Å². The van der Waals surface area contributed by atoms with Crippen LogP contribution in [0.2, 0.25) is 0 Å². The van der Waals surface area contributed by atoms with Crippen LogP contribution in [-0.2, 0) is 10.0 Å². The number of nitrogens with zero attached hydrogens (tertiary/aromatic N) is 1. The number of urea groups is 1. The van der Waals surface area contributed by atoms with Gasteiger partial charge in [-0.2, -0.15) is 8.42 Å². The van der Waals surface area contributed by atoms with Crippen LogP contribution in [0.4, 0.5) is 4.79 Å². The van der Waals surface area contributed by atoms with Gasteiger partial charge in [0.1, 0.15) is 0 Å². The molecule has 0 saturated carbocycles. The molecule has 82 valence electrons. The molecule has 1 aromatic carbocycles. The molecule has 6 nitrogen and oxygen atoms in total. The Morgan fingerprint density at radius 3 is 2.20 bits per heavy atom. The summed E-state index contributed by atoms with van der Waals surface area (Å²) in [6.07, 6.45) is 0. The van der Waals surface area contributed by atoms with Crippen LogP contribution < -0.4 is 5.73 Å². The zero-order valence-electron chi connectivity index (χ0n) is 7.91. The van der Waals surface area contributed by atoms with Crippen LogP contribution in [0.5, 0.6) is 0 Å². The maximum Gasteiger partial charge on any atom is 0.353 e. The zero-order chi connectivity index (χ0) is 11.6. The van der Waals surface area contributed by atoms with Crippen molar-refractivity contribution in [3.63, 3.8) is 0 Å². The van der Waals surface area contributed by atoms with Crippen molar-refractivity contribution < 1.29 is 18.4 Å². The highest BCUT2D eigenvalue weighted by molar-refractivity contribution is 7.89. The van der Waals surface area contributed by atoms with E-state index in [0.29, 0.717) is 0 Å². The van der Waals surface area contributed by atoms with Crippen molar-refractivity contribution in [2.45, 2.75) is 11.8 Å². The maximum absolute atomic E-state index is 11.5. The Kier molecular flexibility index (Phi) is 2.96. The number of sulfonamides is 1. The molecule has 0 radical (unpaired) electrons. The summed E-state index contributed by atoms with van der Waals surface area (Å²) in [5.41, 5.74) is 5.51. The van der Waals surface area contributed by atoms with Crippen molar-refractivity contribution in [3.05, 3.63) is 29.8 Å². The van der Waals surface area contributed by atoms with E-state index in [1.54, 1.807) is 19.1 Å². The van der Waals surface area contributed by atoms with E-state index in [1.807, 2.05) is 0 Å². The summed E-state index contributed by atoms with van der Waals surface area (Å²) in [5.74, 6) is 0. The van der Waals surface area contributed by atoms with Crippen LogP contribution in [-0.4, -0.2) is 24.1 Å². The Balaban J connectivity index is 3.17. The zero-order valence-corrected chi connectivity index (χ0v) is 8.73. The van der Waals surface area contributed by atoms with E-state index in [-0.39, 0.29) is 4.90 Å². The third-order valence-corrected chi connectivity index (χ3v) is 3.24. The molecule has 15 heavy (non-hydrogen) atoms. The second-order valence-electron chi connectivity index (χ2n) is 2.90. The molecule has 1 aromatic rings. The number of carbonyl (C=O) groups excluding carboxylic acids is 1.